The minimum atomic E-state index is -0.851. The summed E-state index contributed by atoms with van der Waals surface area (Å²) < 4.78 is 21.4. The SMILES string of the molecule is COC(=O)/C=C(\[Se]/C(=C(/c1ccccc1)n1cc(C(=O)OC)c(C(=O)OC)n1)c1ccccc1)C(=O)OC. The number of benzene rings is 2. The topological polar surface area (TPSA) is 123 Å². The molecule has 0 spiro atoms. The van der Waals surface area contributed by atoms with E-state index in [9.17, 15) is 19.2 Å². The van der Waals surface area contributed by atoms with Gasteiger partial charge in [0.1, 0.15) is 0 Å². The van der Waals surface area contributed by atoms with Gasteiger partial charge in [-0.15, -0.1) is 0 Å². The number of carbonyl (C=O) groups is 4. The van der Waals surface area contributed by atoms with Gasteiger partial charge in [-0.3, -0.25) is 0 Å². The van der Waals surface area contributed by atoms with Crippen molar-refractivity contribution in [2.24, 2.45) is 0 Å². The fourth-order valence-electron chi connectivity index (χ4n) is 3.30. The molecule has 10 nitrogen and oxygen atoms in total. The van der Waals surface area contributed by atoms with Crippen LogP contribution >= 0.6 is 0 Å². The Hall–Kier alpha value is -4.47. The molecule has 1 heterocycles. The third kappa shape index (κ3) is 6.44. The summed E-state index contributed by atoms with van der Waals surface area (Å²) in [7, 11) is 4.78. The Balaban J connectivity index is 2.42. The van der Waals surface area contributed by atoms with E-state index < -0.39 is 38.8 Å². The molecule has 0 radical (unpaired) electrons. The van der Waals surface area contributed by atoms with Crippen molar-refractivity contribution in [2.75, 3.05) is 28.4 Å². The molecule has 38 heavy (non-hydrogen) atoms. The summed E-state index contributed by atoms with van der Waals surface area (Å²) in [6, 6.07) is 18.2. The number of nitrogens with zero attached hydrogens (tertiary/aromatic N) is 2. The van der Waals surface area contributed by atoms with Crippen molar-refractivity contribution in [3.63, 3.8) is 0 Å². The Morgan fingerprint density at radius 3 is 1.87 bits per heavy atom. The van der Waals surface area contributed by atoms with E-state index in [0.717, 1.165) is 6.08 Å². The molecule has 196 valence electrons. The monoisotopic (exact) mass is 584 g/mol. The molecule has 11 heteroatoms. The van der Waals surface area contributed by atoms with Crippen molar-refractivity contribution in [3.8, 4) is 0 Å². The van der Waals surface area contributed by atoms with E-state index in [1.807, 2.05) is 60.7 Å². The van der Waals surface area contributed by atoms with Gasteiger partial charge in [-0.2, -0.15) is 0 Å². The average Bonchev–Trinajstić information content (AvgIpc) is 3.40. The van der Waals surface area contributed by atoms with Crippen LogP contribution in [0.1, 0.15) is 32.0 Å². The zero-order valence-electron chi connectivity index (χ0n) is 21.0. The predicted octanol–water partition coefficient (Wildman–Crippen LogP) is 2.76. The van der Waals surface area contributed by atoms with Crippen LogP contribution in [0.15, 0.2) is 77.4 Å². The molecule has 0 fully saturated rings. The van der Waals surface area contributed by atoms with Gasteiger partial charge in [0.2, 0.25) is 0 Å². The van der Waals surface area contributed by atoms with E-state index in [4.69, 9.17) is 18.9 Å². The molecule has 0 aliphatic carbocycles. The third-order valence-corrected chi connectivity index (χ3v) is 7.46. The van der Waals surface area contributed by atoms with E-state index in [-0.39, 0.29) is 15.7 Å². The molecule has 0 saturated heterocycles. The summed E-state index contributed by atoms with van der Waals surface area (Å²) in [5.74, 6) is -3.04. The van der Waals surface area contributed by atoms with Gasteiger partial charge in [0.15, 0.2) is 0 Å². The van der Waals surface area contributed by atoms with Gasteiger partial charge < -0.3 is 0 Å². The van der Waals surface area contributed by atoms with E-state index in [1.165, 1.54) is 39.3 Å². The Bertz CT molecular complexity index is 1360. The fraction of sp³-hybridized carbons (Fsp3) is 0.148. The number of methoxy groups -OCH3 is 4. The summed E-state index contributed by atoms with van der Waals surface area (Å²) in [5.41, 5.74) is 1.47. The summed E-state index contributed by atoms with van der Waals surface area (Å²) in [4.78, 5) is 49.8. The van der Waals surface area contributed by atoms with Gasteiger partial charge in [-0.1, -0.05) is 0 Å². The number of hydrogen-bond donors (Lipinski definition) is 0. The summed E-state index contributed by atoms with van der Waals surface area (Å²) >= 11 is -0.851. The van der Waals surface area contributed by atoms with Gasteiger partial charge in [0, 0.05) is 0 Å². The second-order valence-corrected chi connectivity index (χ2v) is 9.56. The van der Waals surface area contributed by atoms with E-state index in [2.05, 4.69) is 5.10 Å². The van der Waals surface area contributed by atoms with Gasteiger partial charge in [-0.05, 0) is 0 Å². The summed E-state index contributed by atoms with van der Waals surface area (Å²) in [6.45, 7) is 0. The van der Waals surface area contributed by atoms with E-state index in [0.29, 0.717) is 21.3 Å². The molecule has 0 saturated carbocycles. The van der Waals surface area contributed by atoms with Crippen LogP contribution in [0, 0.1) is 0 Å². The van der Waals surface area contributed by atoms with Crippen LogP contribution in [0.25, 0.3) is 10.2 Å². The first-order valence-corrected chi connectivity index (χ1v) is 12.7. The van der Waals surface area contributed by atoms with Gasteiger partial charge in [-0.25, -0.2) is 0 Å². The standard InChI is InChI=1S/C27H24N2O8Se/c1-34-21(30)15-20(26(32)36-3)38-24(18-13-9-6-10-14-18)23(17-11-7-5-8-12-17)29-16-19(25(31)35-2)22(28-29)27(33)37-4/h5-16H,1-4H3/b20-15-,24-23-. The maximum atomic E-state index is 12.7. The average molecular weight is 583 g/mol. The number of carbonyl (C=O) groups excluding carboxylic acids is 4. The van der Waals surface area contributed by atoms with E-state index >= 15 is 0 Å². The van der Waals surface area contributed by atoms with Crippen molar-refractivity contribution in [1.82, 2.24) is 9.78 Å². The third-order valence-electron chi connectivity index (χ3n) is 5.07. The number of esters is 4. The zero-order valence-corrected chi connectivity index (χ0v) is 22.7. The molecule has 0 amide bonds. The number of aromatic nitrogens is 2. The summed E-state index contributed by atoms with van der Waals surface area (Å²) in [5, 5.41) is 4.39. The van der Waals surface area contributed by atoms with Crippen molar-refractivity contribution >= 4 is 49.0 Å². The van der Waals surface area contributed by atoms with Gasteiger partial charge >= 0.3 is 225 Å². The summed E-state index contributed by atoms with van der Waals surface area (Å²) in [6.07, 6.45) is 2.45. The maximum absolute atomic E-state index is 12.7. The van der Waals surface area contributed by atoms with Gasteiger partial charge in [0.25, 0.3) is 0 Å². The fourth-order valence-corrected chi connectivity index (χ4v) is 5.61. The normalized spacial score (nSPS) is 11.7. The van der Waals surface area contributed by atoms with Crippen molar-refractivity contribution in [3.05, 3.63) is 99.8 Å². The van der Waals surface area contributed by atoms with Crippen molar-refractivity contribution in [1.29, 1.82) is 0 Å². The first-order valence-electron chi connectivity index (χ1n) is 11.0. The Morgan fingerprint density at radius 2 is 1.34 bits per heavy atom. The predicted molar refractivity (Wildman–Crippen MR) is 138 cm³/mol. The molecule has 0 N–H and O–H groups in total. The van der Waals surface area contributed by atoms with Crippen LogP contribution in [-0.4, -0.2) is 77.1 Å². The second-order valence-electron chi connectivity index (χ2n) is 7.35. The number of ether oxygens (including phenoxy) is 4. The minimum absolute atomic E-state index is 0.0765. The molecule has 1 aromatic heterocycles. The molecule has 3 rings (SSSR count). The quantitative estimate of drug-likeness (QED) is 0.123. The Morgan fingerprint density at radius 1 is 0.763 bits per heavy atom. The van der Waals surface area contributed by atoms with Crippen LogP contribution in [-0.2, 0) is 28.5 Å². The number of rotatable bonds is 9. The number of hydrogen-bond acceptors (Lipinski definition) is 9. The molecule has 3 aromatic rings. The van der Waals surface area contributed by atoms with Crippen LogP contribution < -0.4 is 0 Å². The van der Waals surface area contributed by atoms with E-state index in [1.54, 1.807) is 0 Å². The Labute approximate surface area is 225 Å². The molecule has 0 aliphatic rings. The first-order chi connectivity index (χ1) is 18.3. The van der Waals surface area contributed by atoms with Crippen molar-refractivity contribution in [2.45, 2.75) is 0 Å². The van der Waals surface area contributed by atoms with Gasteiger partial charge in [0.05, 0.1) is 0 Å². The Kier molecular flexibility index (Phi) is 9.75. The first kappa shape index (κ1) is 28.1. The molecular formula is C27H24N2O8Se. The molecule has 2 aromatic carbocycles. The molecule has 0 unspecified atom stereocenters. The van der Waals surface area contributed by atoms with Crippen LogP contribution in [0.5, 0.6) is 0 Å². The zero-order chi connectivity index (χ0) is 27.7. The van der Waals surface area contributed by atoms with Crippen LogP contribution in [0.4, 0.5) is 0 Å². The molecule has 0 atom stereocenters. The molecule has 0 bridgehead atoms. The van der Waals surface area contributed by atoms with Crippen molar-refractivity contribution < 1.29 is 38.1 Å². The molecule has 0 aliphatic heterocycles. The van der Waals surface area contributed by atoms with Crippen LogP contribution in [0.2, 0.25) is 0 Å². The molecular weight excluding hydrogens is 559 g/mol. The second kappa shape index (κ2) is 13.2. The van der Waals surface area contributed by atoms with Crippen LogP contribution in [0.3, 0.4) is 0 Å².